The van der Waals surface area contributed by atoms with Crippen molar-refractivity contribution in [1.82, 2.24) is 4.90 Å². The number of allylic oxidation sites excluding steroid dienone is 1. The van der Waals surface area contributed by atoms with Crippen LogP contribution in [0.1, 0.15) is 49.2 Å². The number of aliphatic carboxylic acids is 1. The molecule has 0 amide bonds. The van der Waals surface area contributed by atoms with Crippen molar-refractivity contribution in [2.75, 3.05) is 46.6 Å². The first-order valence-corrected chi connectivity index (χ1v) is 12.4. The second-order valence-corrected chi connectivity index (χ2v) is 9.95. The Morgan fingerprint density at radius 2 is 1.75 bits per heavy atom. The summed E-state index contributed by atoms with van der Waals surface area (Å²) in [7, 11) is 1.57. The Morgan fingerprint density at radius 1 is 1.14 bits per heavy atom. The van der Waals surface area contributed by atoms with Crippen molar-refractivity contribution in [2.24, 2.45) is 5.41 Å². The lowest BCUT2D eigenvalue weighted by Crippen LogP contribution is -2.39. The van der Waals surface area contributed by atoms with Gasteiger partial charge in [-0.3, -0.25) is 9.69 Å². The van der Waals surface area contributed by atoms with E-state index in [0.717, 1.165) is 55.3 Å². The Morgan fingerprint density at radius 3 is 2.31 bits per heavy atom. The molecule has 0 bridgehead atoms. The van der Waals surface area contributed by atoms with Crippen LogP contribution in [0.2, 0.25) is 0 Å². The summed E-state index contributed by atoms with van der Waals surface area (Å²) in [4.78, 5) is 27.4. The van der Waals surface area contributed by atoms with E-state index in [-0.39, 0.29) is 11.4 Å². The highest BCUT2D eigenvalue weighted by Crippen LogP contribution is 2.45. The average molecular weight is 498 g/mol. The summed E-state index contributed by atoms with van der Waals surface area (Å²) in [6.07, 6.45) is 2.94. The molecule has 2 unspecified atom stereocenters. The number of ketones is 1. The second kappa shape index (κ2) is 11.5. The summed E-state index contributed by atoms with van der Waals surface area (Å²) in [5.74, 6) is -0.265. The first-order valence-electron chi connectivity index (χ1n) is 12.4. The van der Waals surface area contributed by atoms with Crippen LogP contribution in [0.5, 0.6) is 5.75 Å². The molecule has 1 fully saturated rings. The normalized spacial score (nSPS) is 23.5. The van der Waals surface area contributed by atoms with Gasteiger partial charge >= 0.3 is 5.97 Å². The van der Waals surface area contributed by atoms with Crippen molar-refractivity contribution in [3.05, 3.63) is 63.3 Å². The predicted molar refractivity (Wildman–Crippen MR) is 140 cm³/mol. The number of hydrogen-bond acceptors (Lipinski definition) is 6. The third-order valence-electron chi connectivity index (χ3n) is 7.61. The summed E-state index contributed by atoms with van der Waals surface area (Å²) >= 11 is 0. The standard InChI is InChI=1S/C29H39NO6/c1-18-16-23(17-19(2)26(18)36-15-12-30-10-13-35-14-11-30)24(31)8-9-29(6)22(5)20(3)25(28(32)33)21(4)27(29)34-7/h8-9,16-17,27H,10-15H2,1-7H3,(H,32,33). The van der Waals surface area contributed by atoms with Crippen LogP contribution in [0, 0.1) is 19.3 Å². The molecule has 2 aliphatic rings. The van der Waals surface area contributed by atoms with Gasteiger partial charge in [-0.15, -0.1) is 0 Å². The van der Waals surface area contributed by atoms with Gasteiger partial charge in [0.1, 0.15) is 12.4 Å². The van der Waals surface area contributed by atoms with Gasteiger partial charge in [0.15, 0.2) is 5.78 Å². The monoisotopic (exact) mass is 497 g/mol. The first-order chi connectivity index (χ1) is 17.0. The van der Waals surface area contributed by atoms with E-state index >= 15 is 0 Å². The number of ether oxygens (including phenoxy) is 3. The largest absolute Gasteiger partial charge is 0.492 e. The zero-order chi connectivity index (χ0) is 26.6. The number of rotatable bonds is 9. The molecule has 7 nitrogen and oxygen atoms in total. The van der Waals surface area contributed by atoms with Gasteiger partial charge in [-0.2, -0.15) is 0 Å². The molecule has 0 radical (unpaired) electrons. The van der Waals surface area contributed by atoms with Gasteiger partial charge in [0.05, 0.1) is 24.9 Å². The molecule has 2 atom stereocenters. The number of aryl methyl sites for hydroxylation is 2. The van der Waals surface area contributed by atoms with Crippen LogP contribution >= 0.6 is 0 Å². The molecule has 0 spiro atoms. The van der Waals surface area contributed by atoms with Crippen LogP contribution in [-0.2, 0) is 14.3 Å². The van der Waals surface area contributed by atoms with Crippen LogP contribution in [0.15, 0.2) is 46.6 Å². The molecule has 1 N–H and O–H groups in total. The molecule has 0 saturated carbocycles. The summed E-state index contributed by atoms with van der Waals surface area (Å²) in [5, 5.41) is 9.70. The van der Waals surface area contributed by atoms with E-state index in [1.165, 1.54) is 0 Å². The number of methoxy groups -OCH3 is 1. The molecule has 1 aliphatic heterocycles. The number of carboxylic acid groups (broad SMARTS) is 1. The predicted octanol–water partition coefficient (Wildman–Crippen LogP) is 4.53. The maximum Gasteiger partial charge on any atom is 0.335 e. The third-order valence-corrected chi connectivity index (χ3v) is 7.61. The van der Waals surface area contributed by atoms with Crippen molar-refractivity contribution >= 4 is 11.8 Å². The maximum atomic E-state index is 13.2. The summed E-state index contributed by atoms with van der Waals surface area (Å²) < 4.78 is 17.2. The van der Waals surface area contributed by atoms with Gasteiger partial charge in [0.2, 0.25) is 0 Å². The lowest BCUT2D eigenvalue weighted by atomic mass is 9.67. The van der Waals surface area contributed by atoms with Gasteiger partial charge < -0.3 is 19.3 Å². The van der Waals surface area contributed by atoms with Crippen molar-refractivity contribution in [2.45, 2.75) is 47.6 Å². The van der Waals surface area contributed by atoms with E-state index in [2.05, 4.69) is 4.90 Å². The minimum absolute atomic E-state index is 0.117. The fourth-order valence-corrected chi connectivity index (χ4v) is 5.39. The Hall–Kier alpha value is -2.74. The Labute approximate surface area is 214 Å². The van der Waals surface area contributed by atoms with E-state index < -0.39 is 17.5 Å². The van der Waals surface area contributed by atoms with Gasteiger partial charge in [0, 0.05) is 37.7 Å². The van der Waals surface area contributed by atoms with E-state index in [4.69, 9.17) is 14.2 Å². The molecule has 1 aliphatic carbocycles. The first kappa shape index (κ1) is 27.8. The van der Waals surface area contributed by atoms with Gasteiger partial charge in [0.25, 0.3) is 0 Å². The molecule has 1 aromatic rings. The average Bonchev–Trinajstić information content (AvgIpc) is 2.83. The molecule has 36 heavy (non-hydrogen) atoms. The number of morpholine rings is 1. The zero-order valence-electron chi connectivity index (χ0n) is 22.6. The molecule has 1 heterocycles. The number of carboxylic acids is 1. The van der Waals surface area contributed by atoms with Crippen LogP contribution in [0.25, 0.3) is 0 Å². The molecule has 3 rings (SSSR count). The van der Waals surface area contributed by atoms with Crippen molar-refractivity contribution in [3.63, 3.8) is 0 Å². The van der Waals surface area contributed by atoms with Crippen LogP contribution in [-0.4, -0.2) is 74.4 Å². The van der Waals surface area contributed by atoms with Gasteiger partial charge in [-0.1, -0.05) is 11.6 Å². The smallest absolute Gasteiger partial charge is 0.335 e. The van der Waals surface area contributed by atoms with E-state index in [9.17, 15) is 14.7 Å². The number of benzene rings is 1. The third kappa shape index (κ3) is 5.64. The zero-order valence-corrected chi connectivity index (χ0v) is 22.6. The lowest BCUT2D eigenvalue weighted by Gasteiger charge is -2.41. The van der Waals surface area contributed by atoms with Crippen LogP contribution < -0.4 is 4.74 Å². The van der Waals surface area contributed by atoms with Gasteiger partial charge in [-0.05, 0) is 82.0 Å². The number of hydrogen-bond donors (Lipinski definition) is 1. The highest BCUT2D eigenvalue weighted by molar-refractivity contribution is 6.05. The van der Waals surface area contributed by atoms with E-state index in [1.807, 2.05) is 52.8 Å². The summed E-state index contributed by atoms with van der Waals surface area (Å²) in [6.45, 7) is 16.2. The maximum absolute atomic E-state index is 13.2. The minimum atomic E-state index is -0.966. The fraction of sp³-hybridized carbons (Fsp3) is 0.517. The molecular weight excluding hydrogens is 458 g/mol. The molecule has 7 heteroatoms. The Balaban J connectivity index is 1.78. The highest BCUT2D eigenvalue weighted by Gasteiger charge is 2.42. The lowest BCUT2D eigenvalue weighted by molar-refractivity contribution is -0.132. The van der Waals surface area contributed by atoms with Crippen molar-refractivity contribution in [3.8, 4) is 5.75 Å². The van der Waals surface area contributed by atoms with Crippen LogP contribution in [0.3, 0.4) is 0 Å². The SMILES string of the molecule is COC1C(C)=C(C(=O)O)C(C)=C(C)C1(C)C=CC(=O)c1cc(C)c(OCCN2CCOCC2)c(C)c1. The Bertz CT molecular complexity index is 1090. The summed E-state index contributed by atoms with van der Waals surface area (Å²) in [6, 6.07) is 3.73. The molecular formula is C29H39NO6. The van der Waals surface area contributed by atoms with Crippen LogP contribution in [0.4, 0.5) is 0 Å². The van der Waals surface area contributed by atoms with E-state index in [1.54, 1.807) is 20.1 Å². The number of nitrogens with zero attached hydrogens (tertiary/aromatic N) is 1. The Kier molecular flexibility index (Phi) is 8.93. The fourth-order valence-electron chi connectivity index (χ4n) is 5.39. The van der Waals surface area contributed by atoms with Gasteiger partial charge in [-0.25, -0.2) is 4.79 Å². The summed E-state index contributed by atoms with van der Waals surface area (Å²) in [5.41, 5.74) is 4.30. The highest BCUT2D eigenvalue weighted by atomic mass is 16.5. The van der Waals surface area contributed by atoms with Crippen molar-refractivity contribution < 1.29 is 28.9 Å². The number of carbonyl (C=O) groups is 2. The van der Waals surface area contributed by atoms with E-state index in [0.29, 0.717) is 23.3 Å². The number of carbonyl (C=O) groups excluding carboxylic acids is 1. The molecule has 0 aromatic heterocycles. The topological polar surface area (TPSA) is 85.3 Å². The molecule has 1 saturated heterocycles. The van der Waals surface area contributed by atoms with Crippen molar-refractivity contribution in [1.29, 1.82) is 0 Å². The molecule has 196 valence electrons. The minimum Gasteiger partial charge on any atom is -0.492 e. The molecule has 1 aromatic carbocycles. The quantitative estimate of drug-likeness (QED) is 0.396. The second-order valence-electron chi connectivity index (χ2n) is 9.95.